The van der Waals surface area contributed by atoms with E-state index in [4.69, 9.17) is 9.47 Å². The fraction of sp³-hybridized carbons (Fsp3) is 0.391. The standard InChI is InChI=1S/C23H29N3O3/c1-5-28-20-10-9-18(14-21(20)29-6-2)11-12-24-22(27)15-19-17(4)25-23-16(3)8-7-13-26(19)23/h7-10,13-14H,5-6,11-12,15H2,1-4H3,(H,24,27). The van der Waals surface area contributed by atoms with E-state index in [-0.39, 0.29) is 5.91 Å². The zero-order chi connectivity index (χ0) is 20.8. The van der Waals surface area contributed by atoms with E-state index in [1.807, 2.05) is 68.6 Å². The molecule has 2 heterocycles. The largest absolute Gasteiger partial charge is 0.490 e. The van der Waals surface area contributed by atoms with Gasteiger partial charge in [-0.1, -0.05) is 12.1 Å². The van der Waals surface area contributed by atoms with Crippen molar-refractivity contribution in [1.82, 2.24) is 14.7 Å². The van der Waals surface area contributed by atoms with Gasteiger partial charge in [0.2, 0.25) is 5.91 Å². The Labute approximate surface area is 171 Å². The van der Waals surface area contributed by atoms with E-state index in [0.717, 1.165) is 46.1 Å². The number of hydrogen-bond acceptors (Lipinski definition) is 4. The van der Waals surface area contributed by atoms with Crippen molar-refractivity contribution in [2.75, 3.05) is 19.8 Å². The first-order valence-corrected chi connectivity index (χ1v) is 10.1. The van der Waals surface area contributed by atoms with Gasteiger partial charge in [-0.05, 0) is 63.4 Å². The van der Waals surface area contributed by atoms with Gasteiger partial charge >= 0.3 is 0 Å². The number of amides is 1. The first-order chi connectivity index (χ1) is 14.0. The van der Waals surface area contributed by atoms with Gasteiger partial charge in [-0.3, -0.25) is 4.79 Å². The zero-order valence-electron chi connectivity index (χ0n) is 17.6. The zero-order valence-corrected chi connectivity index (χ0v) is 17.6. The van der Waals surface area contributed by atoms with Crippen LogP contribution in [0, 0.1) is 13.8 Å². The molecule has 3 rings (SSSR count). The van der Waals surface area contributed by atoms with Crippen molar-refractivity contribution in [3.05, 3.63) is 59.0 Å². The summed E-state index contributed by atoms with van der Waals surface area (Å²) in [5.41, 5.74) is 4.93. The molecule has 1 aromatic carbocycles. The average molecular weight is 396 g/mol. The summed E-state index contributed by atoms with van der Waals surface area (Å²) in [5.74, 6) is 1.49. The number of aryl methyl sites for hydroxylation is 2. The molecule has 2 aromatic heterocycles. The predicted molar refractivity (Wildman–Crippen MR) is 114 cm³/mol. The average Bonchev–Trinajstić information content (AvgIpc) is 3.01. The molecular formula is C23H29N3O3. The molecule has 0 bridgehead atoms. The van der Waals surface area contributed by atoms with Crippen LogP contribution in [0.3, 0.4) is 0 Å². The Morgan fingerprint density at radius 2 is 1.86 bits per heavy atom. The number of nitrogens with one attached hydrogen (secondary N) is 1. The Kier molecular flexibility index (Phi) is 6.75. The number of rotatable bonds is 9. The molecule has 6 heteroatoms. The highest BCUT2D eigenvalue weighted by Crippen LogP contribution is 2.28. The van der Waals surface area contributed by atoms with Crippen LogP contribution in [0.4, 0.5) is 0 Å². The minimum absolute atomic E-state index is 0.00706. The van der Waals surface area contributed by atoms with Crippen molar-refractivity contribution >= 4 is 11.6 Å². The van der Waals surface area contributed by atoms with Crippen molar-refractivity contribution in [2.45, 2.75) is 40.5 Å². The SMILES string of the molecule is CCOc1ccc(CCNC(=O)Cc2c(C)nc3c(C)cccn23)cc1OCC. The Morgan fingerprint density at radius 3 is 2.62 bits per heavy atom. The summed E-state index contributed by atoms with van der Waals surface area (Å²) in [6, 6.07) is 9.93. The highest BCUT2D eigenvalue weighted by Gasteiger charge is 2.14. The van der Waals surface area contributed by atoms with E-state index < -0.39 is 0 Å². The van der Waals surface area contributed by atoms with Crippen LogP contribution in [-0.2, 0) is 17.6 Å². The first-order valence-electron chi connectivity index (χ1n) is 10.1. The van der Waals surface area contributed by atoms with Crippen LogP contribution in [0.15, 0.2) is 36.5 Å². The number of carbonyl (C=O) groups excluding carboxylic acids is 1. The van der Waals surface area contributed by atoms with Gasteiger partial charge in [0.05, 0.1) is 31.0 Å². The van der Waals surface area contributed by atoms with E-state index in [9.17, 15) is 4.79 Å². The number of carbonyl (C=O) groups is 1. The number of benzene rings is 1. The lowest BCUT2D eigenvalue weighted by atomic mass is 10.1. The monoisotopic (exact) mass is 395 g/mol. The smallest absolute Gasteiger partial charge is 0.226 e. The second-order valence-corrected chi connectivity index (χ2v) is 6.95. The lowest BCUT2D eigenvalue weighted by Crippen LogP contribution is -2.28. The van der Waals surface area contributed by atoms with Gasteiger partial charge in [0, 0.05) is 12.7 Å². The lowest BCUT2D eigenvalue weighted by molar-refractivity contribution is -0.120. The van der Waals surface area contributed by atoms with Gasteiger partial charge in [-0.25, -0.2) is 4.98 Å². The fourth-order valence-electron chi connectivity index (χ4n) is 3.39. The molecule has 0 saturated heterocycles. The maximum atomic E-state index is 12.5. The Hall–Kier alpha value is -3.02. The molecule has 154 valence electrons. The molecule has 0 radical (unpaired) electrons. The number of nitrogens with zero attached hydrogens (tertiary/aromatic N) is 2. The molecule has 1 N–H and O–H groups in total. The summed E-state index contributed by atoms with van der Waals surface area (Å²) < 4.78 is 13.3. The summed E-state index contributed by atoms with van der Waals surface area (Å²) >= 11 is 0. The second kappa shape index (κ2) is 9.45. The molecule has 0 fully saturated rings. The normalized spacial score (nSPS) is 10.9. The summed E-state index contributed by atoms with van der Waals surface area (Å²) in [6.07, 6.45) is 2.99. The van der Waals surface area contributed by atoms with Crippen LogP contribution in [0.2, 0.25) is 0 Å². The fourth-order valence-corrected chi connectivity index (χ4v) is 3.39. The number of hydrogen-bond donors (Lipinski definition) is 1. The molecule has 0 aliphatic carbocycles. The molecule has 0 atom stereocenters. The molecule has 3 aromatic rings. The molecule has 6 nitrogen and oxygen atoms in total. The van der Waals surface area contributed by atoms with Crippen LogP contribution >= 0.6 is 0 Å². The molecular weight excluding hydrogens is 366 g/mol. The molecule has 29 heavy (non-hydrogen) atoms. The van der Waals surface area contributed by atoms with E-state index >= 15 is 0 Å². The van der Waals surface area contributed by atoms with E-state index in [2.05, 4.69) is 10.3 Å². The molecule has 0 aliphatic heterocycles. The highest BCUT2D eigenvalue weighted by molar-refractivity contribution is 5.78. The van der Waals surface area contributed by atoms with Crippen molar-refractivity contribution in [3.8, 4) is 11.5 Å². The van der Waals surface area contributed by atoms with Crippen molar-refractivity contribution < 1.29 is 14.3 Å². The van der Waals surface area contributed by atoms with Gasteiger partial charge in [0.1, 0.15) is 5.65 Å². The van der Waals surface area contributed by atoms with Crippen LogP contribution in [0.25, 0.3) is 5.65 Å². The highest BCUT2D eigenvalue weighted by atomic mass is 16.5. The Morgan fingerprint density at radius 1 is 1.10 bits per heavy atom. The second-order valence-electron chi connectivity index (χ2n) is 6.95. The van der Waals surface area contributed by atoms with Gasteiger partial charge < -0.3 is 19.2 Å². The third kappa shape index (κ3) is 4.88. The molecule has 0 unspecified atom stereocenters. The van der Waals surface area contributed by atoms with E-state index in [1.54, 1.807) is 0 Å². The lowest BCUT2D eigenvalue weighted by Gasteiger charge is -2.12. The Balaban J connectivity index is 1.60. The summed E-state index contributed by atoms with van der Waals surface area (Å²) in [5, 5.41) is 3.02. The number of ether oxygens (including phenoxy) is 2. The first kappa shape index (κ1) is 20.7. The van der Waals surface area contributed by atoms with Crippen LogP contribution in [0.1, 0.15) is 36.4 Å². The third-order valence-corrected chi connectivity index (χ3v) is 4.82. The molecule has 0 aliphatic rings. The van der Waals surface area contributed by atoms with E-state index in [1.165, 1.54) is 0 Å². The number of aromatic nitrogens is 2. The minimum Gasteiger partial charge on any atom is -0.490 e. The van der Waals surface area contributed by atoms with Gasteiger partial charge in [0.15, 0.2) is 11.5 Å². The maximum Gasteiger partial charge on any atom is 0.226 e. The topological polar surface area (TPSA) is 64.9 Å². The third-order valence-electron chi connectivity index (χ3n) is 4.82. The van der Waals surface area contributed by atoms with Gasteiger partial charge in [-0.15, -0.1) is 0 Å². The molecule has 0 spiro atoms. The summed E-state index contributed by atoms with van der Waals surface area (Å²) in [4.78, 5) is 17.1. The molecule has 1 amide bonds. The Bertz CT molecular complexity index is 994. The van der Waals surface area contributed by atoms with E-state index in [0.29, 0.717) is 26.2 Å². The van der Waals surface area contributed by atoms with Gasteiger partial charge in [0.25, 0.3) is 0 Å². The number of pyridine rings is 1. The van der Waals surface area contributed by atoms with Crippen LogP contribution < -0.4 is 14.8 Å². The van der Waals surface area contributed by atoms with Crippen molar-refractivity contribution in [2.24, 2.45) is 0 Å². The minimum atomic E-state index is -0.00706. The summed E-state index contributed by atoms with van der Waals surface area (Å²) in [7, 11) is 0. The van der Waals surface area contributed by atoms with Gasteiger partial charge in [-0.2, -0.15) is 0 Å². The number of imidazole rings is 1. The predicted octanol–water partition coefficient (Wildman–Crippen LogP) is 3.65. The van der Waals surface area contributed by atoms with Crippen molar-refractivity contribution in [1.29, 1.82) is 0 Å². The van der Waals surface area contributed by atoms with Crippen LogP contribution in [-0.4, -0.2) is 35.1 Å². The van der Waals surface area contributed by atoms with Crippen molar-refractivity contribution in [3.63, 3.8) is 0 Å². The number of fused-ring (bicyclic) bond motifs is 1. The maximum absolute atomic E-state index is 12.5. The summed E-state index contributed by atoms with van der Waals surface area (Å²) in [6.45, 7) is 9.62. The molecule has 0 saturated carbocycles. The van der Waals surface area contributed by atoms with Crippen LogP contribution in [0.5, 0.6) is 11.5 Å². The quantitative estimate of drug-likeness (QED) is 0.601.